The van der Waals surface area contributed by atoms with Crippen LogP contribution in [-0.4, -0.2) is 49.6 Å². The molecule has 1 aliphatic rings. The van der Waals surface area contributed by atoms with Crippen molar-refractivity contribution in [1.82, 2.24) is 0 Å². The average Bonchev–Trinajstić information content (AvgIpc) is 3.08. The van der Waals surface area contributed by atoms with Gasteiger partial charge in [-0.25, -0.2) is 0 Å². The number of rotatable bonds is 14. The van der Waals surface area contributed by atoms with E-state index in [1.165, 1.54) is 0 Å². The number of phenolic OH excluding ortho intramolecular Hbond substituents is 2. The molecule has 1 aliphatic heterocycles. The Morgan fingerprint density at radius 2 is 0.935 bits per heavy atom. The van der Waals surface area contributed by atoms with Crippen molar-refractivity contribution in [2.45, 2.75) is 39.5 Å². The second kappa shape index (κ2) is 16.3. The maximum Gasteiger partial charge on any atom is 0.146 e. The van der Waals surface area contributed by atoms with Crippen molar-refractivity contribution in [2.24, 2.45) is 20.5 Å². The molecule has 240 valence electrons. The summed E-state index contributed by atoms with van der Waals surface area (Å²) >= 11 is 0. The van der Waals surface area contributed by atoms with Crippen LogP contribution in [0.1, 0.15) is 39.5 Å². The van der Waals surface area contributed by atoms with Crippen molar-refractivity contribution in [3.05, 3.63) is 84.9 Å². The van der Waals surface area contributed by atoms with Crippen molar-refractivity contribution in [2.75, 3.05) is 49.2 Å². The second-order valence-electron chi connectivity index (χ2n) is 11.1. The second-order valence-corrected chi connectivity index (χ2v) is 11.1. The lowest BCUT2D eigenvalue weighted by atomic mass is 10.2. The normalized spacial score (nSPS) is 13.5. The van der Waals surface area contributed by atoms with Crippen molar-refractivity contribution in [3.8, 4) is 23.0 Å². The highest BCUT2D eigenvalue weighted by atomic mass is 16.5. The van der Waals surface area contributed by atoms with Gasteiger partial charge in [-0.1, -0.05) is 26.7 Å². The van der Waals surface area contributed by atoms with Gasteiger partial charge in [-0.15, -0.1) is 10.2 Å². The molecule has 10 heteroatoms. The van der Waals surface area contributed by atoms with Crippen LogP contribution < -0.4 is 19.3 Å². The number of piperazine rings is 1. The zero-order chi connectivity index (χ0) is 32.1. The number of ether oxygens (including phenoxy) is 2. The van der Waals surface area contributed by atoms with Crippen LogP contribution in [0.4, 0.5) is 34.1 Å². The van der Waals surface area contributed by atoms with E-state index < -0.39 is 0 Å². The molecule has 0 bridgehead atoms. The Labute approximate surface area is 270 Å². The van der Waals surface area contributed by atoms with Crippen molar-refractivity contribution >= 4 is 34.1 Å². The van der Waals surface area contributed by atoms with Crippen LogP contribution in [0.3, 0.4) is 0 Å². The van der Waals surface area contributed by atoms with E-state index in [2.05, 4.69) is 68.4 Å². The fraction of sp³-hybridized carbons (Fsp3) is 0.333. The highest BCUT2D eigenvalue weighted by molar-refractivity contribution is 5.58. The first-order chi connectivity index (χ1) is 22.5. The van der Waals surface area contributed by atoms with E-state index in [0.29, 0.717) is 47.5 Å². The third-order valence-corrected chi connectivity index (χ3v) is 7.68. The Morgan fingerprint density at radius 3 is 1.28 bits per heavy atom. The van der Waals surface area contributed by atoms with Gasteiger partial charge in [-0.05, 0) is 85.6 Å². The molecular weight excluding hydrogens is 580 g/mol. The van der Waals surface area contributed by atoms with Gasteiger partial charge in [0.05, 0.1) is 24.6 Å². The van der Waals surface area contributed by atoms with E-state index in [1.54, 1.807) is 36.4 Å². The molecule has 1 saturated heterocycles. The molecule has 46 heavy (non-hydrogen) atoms. The SMILES string of the molecule is CCCCOc1ccc(N=Nc2ccc(N3CCN(c4ccc(N=Nc5ccc(OCCCC)cc5O)cc4)CC3)cc2)c(O)c1. The lowest BCUT2D eigenvalue weighted by molar-refractivity contribution is 0.307. The number of benzene rings is 4. The van der Waals surface area contributed by atoms with Crippen LogP contribution in [0.5, 0.6) is 23.0 Å². The summed E-state index contributed by atoms with van der Waals surface area (Å²) in [5, 5.41) is 37.7. The van der Waals surface area contributed by atoms with Crippen molar-refractivity contribution < 1.29 is 19.7 Å². The minimum Gasteiger partial charge on any atom is -0.505 e. The van der Waals surface area contributed by atoms with Crippen LogP contribution >= 0.6 is 0 Å². The van der Waals surface area contributed by atoms with Gasteiger partial charge in [-0.2, -0.15) is 10.2 Å². The van der Waals surface area contributed by atoms with E-state index in [-0.39, 0.29) is 11.5 Å². The Hall–Kier alpha value is -5.12. The number of hydrogen-bond acceptors (Lipinski definition) is 10. The molecule has 0 amide bonds. The summed E-state index contributed by atoms with van der Waals surface area (Å²) in [4.78, 5) is 4.71. The molecule has 0 spiro atoms. The standard InChI is InChI=1S/C36H42N6O4/c1-3-5-23-45-31-15-17-33(35(43)25-31)39-37-27-7-11-29(12-8-27)41-19-21-42(22-20-41)30-13-9-28(10-14-30)38-40-34-18-16-32(26-36(34)44)46-24-6-4-2/h7-18,25-26,43-44H,3-6,19-24H2,1-2H3. The minimum atomic E-state index is 0.0427. The summed E-state index contributed by atoms with van der Waals surface area (Å²) in [6.45, 7) is 9.02. The minimum absolute atomic E-state index is 0.0427. The number of azo groups is 2. The van der Waals surface area contributed by atoms with Crippen molar-refractivity contribution in [3.63, 3.8) is 0 Å². The lowest BCUT2D eigenvalue weighted by Gasteiger charge is -2.37. The first kappa shape index (κ1) is 32.3. The first-order valence-corrected chi connectivity index (χ1v) is 16.0. The Kier molecular flexibility index (Phi) is 11.4. The first-order valence-electron chi connectivity index (χ1n) is 16.0. The molecule has 10 nitrogen and oxygen atoms in total. The van der Waals surface area contributed by atoms with Crippen LogP contribution in [0.25, 0.3) is 0 Å². The fourth-order valence-electron chi connectivity index (χ4n) is 4.93. The zero-order valence-electron chi connectivity index (χ0n) is 26.5. The highest BCUT2D eigenvalue weighted by Gasteiger charge is 2.17. The average molecular weight is 623 g/mol. The molecule has 0 unspecified atom stereocenters. The largest absolute Gasteiger partial charge is 0.505 e. The number of unbranched alkanes of at least 4 members (excludes halogenated alkanes) is 2. The summed E-state index contributed by atoms with van der Waals surface area (Å²) < 4.78 is 11.3. The van der Waals surface area contributed by atoms with Gasteiger partial charge in [0, 0.05) is 49.7 Å². The number of aromatic hydroxyl groups is 2. The van der Waals surface area contributed by atoms with Gasteiger partial charge >= 0.3 is 0 Å². The third-order valence-electron chi connectivity index (χ3n) is 7.68. The molecular formula is C36H42N6O4. The molecule has 0 saturated carbocycles. The smallest absolute Gasteiger partial charge is 0.146 e. The van der Waals surface area contributed by atoms with E-state index in [0.717, 1.165) is 63.2 Å². The van der Waals surface area contributed by atoms with Gasteiger partial charge in [0.2, 0.25) is 0 Å². The van der Waals surface area contributed by atoms with Crippen LogP contribution in [0.15, 0.2) is 105 Å². The van der Waals surface area contributed by atoms with Crippen LogP contribution in [0, 0.1) is 0 Å². The number of nitrogens with zero attached hydrogens (tertiary/aromatic N) is 6. The maximum absolute atomic E-state index is 10.3. The van der Waals surface area contributed by atoms with E-state index in [9.17, 15) is 10.2 Å². The Bertz CT molecular complexity index is 1480. The quantitative estimate of drug-likeness (QED) is 0.107. The monoisotopic (exact) mass is 622 g/mol. The predicted octanol–water partition coefficient (Wildman–Crippen LogP) is 9.61. The summed E-state index contributed by atoms with van der Waals surface area (Å²) in [6.07, 6.45) is 4.05. The number of phenols is 2. The van der Waals surface area contributed by atoms with Gasteiger partial charge in [-0.3, -0.25) is 0 Å². The molecule has 0 aromatic heterocycles. The highest BCUT2D eigenvalue weighted by Crippen LogP contribution is 2.34. The molecule has 1 heterocycles. The molecule has 0 radical (unpaired) electrons. The number of anilines is 2. The molecule has 0 atom stereocenters. The molecule has 5 rings (SSSR count). The number of hydrogen-bond donors (Lipinski definition) is 2. The van der Waals surface area contributed by atoms with Crippen LogP contribution in [0.2, 0.25) is 0 Å². The van der Waals surface area contributed by atoms with Gasteiger partial charge in [0.15, 0.2) is 0 Å². The maximum atomic E-state index is 10.3. The fourth-order valence-corrected chi connectivity index (χ4v) is 4.93. The topological polar surface area (TPSA) is 115 Å². The molecule has 4 aromatic carbocycles. The van der Waals surface area contributed by atoms with Gasteiger partial charge in [0.25, 0.3) is 0 Å². The third kappa shape index (κ3) is 8.97. The summed E-state index contributed by atoms with van der Waals surface area (Å²) in [7, 11) is 0. The summed E-state index contributed by atoms with van der Waals surface area (Å²) in [5.74, 6) is 1.34. The predicted molar refractivity (Wildman–Crippen MR) is 183 cm³/mol. The van der Waals surface area contributed by atoms with Crippen molar-refractivity contribution in [1.29, 1.82) is 0 Å². The van der Waals surface area contributed by atoms with Gasteiger partial charge in [0.1, 0.15) is 34.4 Å². The molecule has 2 N–H and O–H groups in total. The van der Waals surface area contributed by atoms with Gasteiger partial charge < -0.3 is 29.5 Å². The van der Waals surface area contributed by atoms with Crippen LogP contribution in [-0.2, 0) is 0 Å². The van der Waals surface area contributed by atoms with E-state index in [1.807, 2.05) is 24.3 Å². The zero-order valence-corrected chi connectivity index (χ0v) is 26.5. The summed E-state index contributed by atoms with van der Waals surface area (Å²) in [6, 6.07) is 26.1. The Morgan fingerprint density at radius 1 is 0.543 bits per heavy atom. The molecule has 0 aliphatic carbocycles. The summed E-state index contributed by atoms with van der Waals surface area (Å²) in [5.41, 5.74) is 4.50. The van der Waals surface area contributed by atoms with E-state index in [4.69, 9.17) is 9.47 Å². The van der Waals surface area contributed by atoms with E-state index >= 15 is 0 Å². The Balaban J connectivity index is 1.10. The molecule has 4 aromatic rings. The molecule has 1 fully saturated rings. The lowest BCUT2D eigenvalue weighted by Crippen LogP contribution is -2.46.